The van der Waals surface area contributed by atoms with Crippen LogP contribution in [0, 0.1) is 5.92 Å². The molecule has 3 atom stereocenters. The van der Waals surface area contributed by atoms with Gasteiger partial charge in [0, 0.05) is 31.7 Å². The lowest BCUT2D eigenvalue weighted by atomic mass is 9.77. The predicted molar refractivity (Wildman–Crippen MR) is 109 cm³/mol. The summed E-state index contributed by atoms with van der Waals surface area (Å²) in [5.41, 5.74) is 2.60. The van der Waals surface area contributed by atoms with E-state index in [1.165, 1.54) is 17.4 Å². The Kier molecular flexibility index (Phi) is 5.60. The molecule has 0 spiro atoms. The molecular weight excluding hydrogens is 376 g/mol. The summed E-state index contributed by atoms with van der Waals surface area (Å²) in [6.07, 6.45) is 5.32. The molecule has 3 aliphatic rings. The minimum Gasteiger partial charge on any atom is -0.490 e. The Morgan fingerprint density at radius 3 is 2.50 bits per heavy atom. The van der Waals surface area contributed by atoms with Crippen molar-refractivity contribution in [3.05, 3.63) is 23.3 Å². The van der Waals surface area contributed by atoms with Crippen molar-refractivity contribution >= 4 is 10.0 Å². The third-order valence-corrected chi connectivity index (χ3v) is 7.81. The van der Waals surface area contributed by atoms with E-state index in [2.05, 4.69) is 17.0 Å². The van der Waals surface area contributed by atoms with Crippen LogP contribution < -0.4 is 9.47 Å². The maximum atomic E-state index is 12.4. The summed E-state index contributed by atoms with van der Waals surface area (Å²) in [4.78, 5) is 2.56. The van der Waals surface area contributed by atoms with Crippen LogP contribution in [0.3, 0.4) is 0 Å². The molecule has 6 nitrogen and oxygen atoms in total. The van der Waals surface area contributed by atoms with Crippen LogP contribution in [0.4, 0.5) is 0 Å². The SMILES string of the molecule is CCOc1cc2c(cc1OCC)[C@@H]1C[C@H]3[C@H](CCCN3S(C)(=O)=O)CN1CC2. The minimum absolute atomic E-state index is 0.109. The fourth-order valence-corrected chi connectivity index (χ4v) is 6.57. The maximum Gasteiger partial charge on any atom is 0.211 e. The summed E-state index contributed by atoms with van der Waals surface area (Å²) in [6.45, 7) is 7.85. The van der Waals surface area contributed by atoms with E-state index < -0.39 is 10.0 Å². The molecule has 0 unspecified atom stereocenters. The lowest BCUT2D eigenvalue weighted by Crippen LogP contribution is -2.57. The standard InChI is InChI=1S/C21H32N2O4S/c1-4-26-20-11-15-8-10-22-14-16-7-6-9-23(28(3,24)25)18(16)13-19(22)17(15)12-21(20)27-5-2/h11-12,16,18-19H,4-10,13-14H2,1-3H3/t16-,18+,19+/m1/s1. The molecule has 3 aliphatic heterocycles. The van der Waals surface area contributed by atoms with Crippen molar-refractivity contribution in [2.45, 2.75) is 51.6 Å². The number of piperidine rings is 2. The van der Waals surface area contributed by atoms with Crippen molar-refractivity contribution in [3.63, 3.8) is 0 Å². The van der Waals surface area contributed by atoms with Gasteiger partial charge in [-0.3, -0.25) is 4.90 Å². The quantitative estimate of drug-likeness (QED) is 0.750. The van der Waals surface area contributed by atoms with Gasteiger partial charge in [-0.25, -0.2) is 8.42 Å². The number of sulfonamides is 1. The van der Waals surface area contributed by atoms with Crippen LogP contribution in [0.1, 0.15) is 50.3 Å². The van der Waals surface area contributed by atoms with Crippen LogP contribution in [0.5, 0.6) is 11.5 Å². The van der Waals surface area contributed by atoms with E-state index in [4.69, 9.17) is 9.47 Å². The van der Waals surface area contributed by atoms with Gasteiger partial charge < -0.3 is 9.47 Å². The highest BCUT2D eigenvalue weighted by molar-refractivity contribution is 7.88. The molecule has 2 saturated heterocycles. The van der Waals surface area contributed by atoms with Gasteiger partial charge in [0.05, 0.1) is 19.5 Å². The van der Waals surface area contributed by atoms with Gasteiger partial charge in [0.1, 0.15) is 0 Å². The first kappa shape index (κ1) is 20.0. The Labute approximate surface area is 168 Å². The van der Waals surface area contributed by atoms with E-state index in [0.29, 0.717) is 25.7 Å². The summed E-state index contributed by atoms with van der Waals surface area (Å²) >= 11 is 0. The summed E-state index contributed by atoms with van der Waals surface area (Å²) in [5, 5.41) is 0. The van der Waals surface area contributed by atoms with Crippen molar-refractivity contribution in [1.29, 1.82) is 0 Å². The average molecular weight is 409 g/mol. The highest BCUT2D eigenvalue weighted by Gasteiger charge is 2.45. The fourth-order valence-electron chi connectivity index (χ4n) is 5.36. The Morgan fingerprint density at radius 1 is 1.11 bits per heavy atom. The summed E-state index contributed by atoms with van der Waals surface area (Å²) in [7, 11) is -3.17. The van der Waals surface area contributed by atoms with Gasteiger partial charge in [-0.1, -0.05) is 0 Å². The Morgan fingerprint density at radius 2 is 1.82 bits per heavy atom. The van der Waals surface area contributed by atoms with Crippen molar-refractivity contribution < 1.29 is 17.9 Å². The molecule has 28 heavy (non-hydrogen) atoms. The summed E-state index contributed by atoms with van der Waals surface area (Å²) < 4.78 is 38.2. The number of nitrogens with zero attached hydrogens (tertiary/aromatic N) is 2. The van der Waals surface area contributed by atoms with Crippen molar-refractivity contribution in [2.24, 2.45) is 5.92 Å². The first-order valence-corrected chi connectivity index (χ1v) is 12.4. The molecule has 0 radical (unpaired) electrons. The average Bonchev–Trinajstić information content (AvgIpc) is 2.66. The van der Waals surface area contributed by atoms with Gasteiger partial charge in [0.2, 0.25) is 10.0 Å². The Balaban J connectivity index is 1.68. The van der Waals surface area contributed by atoms with E-state index in [-0.39, 0.29) is 12.1 Å². The summed E-state index contributed by atoms with van der Waals surface area (Å²) in [5.74, 6) is 2.06. The number of hydrogen-bond acceptors (Lipinski definition) is 5. The van der Waals surface area contributed by atoms with Crippen LogP contribution >= 0.6 is 0 Å². The van der Waals surface area contributed by atoms with Crippen LogP contribution in [-0.2, 0) is 16.4 Å². The minimum atomic E-state index is -3.17. The number of hydrogen-bond donors (Lipinski definition) is 0. The highest BCUT2D eigenvalue weighted by atomic mass is 32.2. The van der Waals surface area contributed by atoms with Crippen LogP contribution in [0.15, 0.2) is 12.1 Å². The van der Waals surface area contributed by atoms with Crippen LogP contribution in [-0.4, -0.2) is 62.8 Å². The van der Waals surface area contributed by atoms with Gasteiger partial charge >= 0.3 is 0 Å². The number of ether oxygens (including phenoxy) is 2. The zero-order valence-electron chi connectivity index (χ0n) is 17.2. The molecule has 0 saturated carbocycles. The lowest BCUT2D eigenvalue weighted by molar-refractivity contribution is 0.0221. The zero-order chi connectivity index (χ0) is 19.9. The second-order valence-electron chi connectivity index (χ2n) is 8.20. The Bertz CT molecular complexity index is 826. The molecule has 0 aliphatic carbocycles. The van der Waals surface area contributed by atoms with Gasteiger partial charge in [-0.2, -0.15) is 4.31 Å². The molecular formula is C21H32N2O4S. The number of fused-ring (bicyclic) bond motifs is 4. The highest BCUT2D eigenvalue weighted by Crippen LogP contribution is 2.46. The maximum absolute atomic E-state index is 12.4. The second-order valence-corrected chi connectivity index (χ2v) is 10.1. The predicted octanol–water partition coefficient (Wildman–Crippen LogP) is 2.83. The van der Waals surface area contributed by atoms with Crippen molar-refractivity contribution in [1.82, 2.24) is 9.21 Å². The first-order valence-electron chi connectivity index (χ1n) is 10.6. The zero-order valence-corrected chi connectivity index (χ0v) is 18.0. The molecule has 0 bridgehead atoms. The fraction of sp³-hybridized carbons (Fsp3) is 0.714. The molecule has 0 amide bonds. The van der Waals surface area contributed by atoms with E-state index in [9.17, 15) is 8.42 Å². The topological polar surface area (TPSA) is 59.1 Å². The molecule has 7 heteroatoms. The van der Waals surface area contributed by atoms with Gasteiger partial charge in [-0.05, 0) is 68.7 Å². The lowest BCUT2D eigenvalue weighted by Gasteiger charge is -2.51. The van der Waals surface area contributed by atoms with Crippen LogP contribution in [0.25, 0.3) is 0 Å². The second kappa shape index (κ2) is 7.84. The number of benzene rings is 1. The van der Waals surface area contributed by atoms with Gasteiger partial charge in [0.25, 0.3) is 0 Å². The molecule has 156 valence electrons. The third-order valence-electron chi connectivity index (χ3n) is 6.50. The van der Waals surface area contributed by atoms with Crippen LogP contribution in [0.2, 0.25) is 0 Å². The third kappa shape index (κ3) is 3.64. The van der Waals surface area contributed by atoms with E-state index in [0.717, 1.165) is 50.3 Å². The molecule has 0 aromatic heterocycles. The number of rotatable bonds is 5. The molecule has 3 heterocycles. The molecule has 4 rings (SSSR count). The van der Waals surface area contributed by atoms with E-state index in [1.54, 1.807) is 4.31 Å². The summed E-state index contributed by atoms with van der Waals surface area (Å²) in [6, 6.07) is 4.65. The molecule has 2 fully saturated rings. The van der Waals surface area contributed by atoms with E-state index >= 15 is 0 Å². The van der Waals surface area contributed by atoms with E-state index in [1.807, 2.05) is 13.8 Å². The monoisotopic (exact) mass is 408 g/mol. The molecule has 1 aromatic rings. The normalized spacial score (nSPS) is 28.2. The Hall–Kier alpha value is -1.31. The molecule has 0 N–H and O–H groups in total. The van der Waals surface area contributed by atoms with Gasteiger partial charge in [-0.15, -0.1) is 0 Å². The van der Waals surface area contributed by atoms with Crippen molar-refractivity contribution in [2.75, 3.05) is 39.1 Å². The van der Waals surface area contributed by atoms with Gasteiger partial charge in [0.15, 0.2) is 11.5 Å². The largest absolute Gasteiger partial charge is 0.490 e. The van der Waals surface area contributed by atoms with Crippen molar-refractivity contribution in [3.8, 4) is 11.5 Å². The smallest absolute Gasteiger partial charge is 0.211 e. The molecule has 1 aromatic carbocycles. The first-order chi connectivity index (χ1) is 13.4.